The van der Waals surface area contributed by atoms with Gasteiger partial charge >= 0.3 is 0 Å². The van der Waals surface area contributed by atoms with Crippen molar-refractivity contribution in [1.82, 2.24) is 10.3 Å². The summed E-state index contributed by atoms with van der Waals surface area (Å²) in [6, 6.07) is 6.05. The molecule has 0 bridgehead atoms. The van der Waals surface area contributed by atoms with Crippen LogP contribution in [0.5, 0.6) is 0 Å². The summed E-state index contributed by atoms with van der Waals surface area (Å²) in [6.07, 6.45) is 0. The third-order valence-corrected chi connectivity index (χ3v) is 4.82. The van der Waals surface area contributed by atoms with Crippen molar-refractivity contribution in [3.05, 3.63) is 41.2 Å². The summed E-state index contributed by atoms with van der Waals surface area (Å²) in [5, 5.41) is 5.34. The van der Waals surface area contributed by atoms with E-state index in [2.05, 4.69) is 10.3 Å². The van der Waals surface area contributed by atoms with E-state index in [4.69, 9.17) is 5.73 Å². The zero-order valence-electron chi connectivity index (χ0n) is 13.7. The summed E-state index contributed by atoms with van der Waals surface area (Å²) in [7, 11) is 0. The molecule has 134 valence electrons. The molecule has 0 spiro atoms. The lowest BCUT2D eigenvalue weighted by molar-refractivity contribution is 0.0879. The Balaban J connectivity index is 0.00000264. The van der Waals surface area contributed by atoms with Crippen LogP contribution in [-0.4, -0.2) is 23.0 Å². The largest absolute Gasteiger partial charge is 0.344 e. The van der Waals surface area contributed by atoms with Crippen molar-refractivity contribution < 1.29 is 9.18 Å². The van der Waals surface area contributed by atoms with Crippen LogP contribution in [0.25, 0.3) is 10.6 Å². The Kier molecular flexibility index (Phi) is 8.85. The average Bonchev–Trinajstić information content (AvgIpc) is 2.97. The third kappa shape index (κ3) is 5.14. The Morgan fingerprint density at radius 2 is 1.92 bits per heavy atom. The van der Waals surface area contributed by atoms with E-state index in [1.165, 1.54) is 23.5 Å². The minimum Gasteiger partial charge on any atom is -0.344 e. The number of nitrogens with zero attached hydrogens (tertiary/aromatic N) is 1. The van der Waals surface area contributed by atoms with Gasteiger partial charge in [0.25, 0.3) is 5.91 Å². The predicted molar refractivity (Wildman–Crippen MR) is 102 cm³/mol. The van der Waals surface area contributed by atoms with Gasteiger partial charge in [-0.1, -0.05) is 13.8 Å². The van der Waals surface area contributed by atoms with Crippen LogP contribution in [0.15, 0.2) is 29.6 Å². The maximum Gasteiger partial charge on any atom is 0.271 e. The molecule has 1 amide bonds. The number of thiazole rings is 1. The highest BCUT2D eigenvalue weighted by Gasteiger charge is 2.29. The van der Waals surface area contributed by atoms with Crippen LogP contribution >= 0.6 is 36.2 Å². The van der Waals surface area contributed by atoms with Crippen LogP contribution in [0.1, 0.15) is 31.3 Å². The second kappa shape index (κ2) is 9.32. The van der Waals surface area contributed by atoms with E-state index in [9.17, 15) is 9.18 Å². The molecule has 0 saturated carbocycles. The topological polar surface area (TPSA) is 68.0 Å². The van der Waals surface area contributed by atoms with Crippen molar-refractivity contribution in [3.63, 3.8) is 0 Å². The van der Waals surface area contributed by atoms with Crippen molar-refractivity contribution in [2.45, 2.75) is 26.3 Å². The van der Waals surface area contributed by atoms with Gasteiger partial charge in [-0.25, -0.2) is 9.37 Å². The number of amides is 1. The van der Waals surface area contributed by atoms with Crippen LogP contribution in [0, 0.1) is 11.7 Å². The molecule has 1 aromatic carbocycles. The molecule has 2 aromatic rings. The number of benzene rings is 1. The van der Waals surface area contributed by atoms with Gasteiger partial charge in [-0.3, -0.25) is 4.79 Å². The third-order valence-electron chi connectivity index (χ3n) is 3.93. The molecule has 1 aromatic heterocycles. The monoisotopic (exact) mass is 393 g/mol. The molecular formula is C16H22Cl2FN3OS. The van der Waals surface area contributed by atoms with Crippen LogP contribution in [-0.2, 0) is 0 Å². The second-order valence-corrected chi connectivity index (χ2v) is 6.63. The molecule has 3 N–H and O–H groups in total. The van der Waals surface area contributed by atoms with E-state index < -0.39 is 5.54 Å². The Hall–Kier alpha value is -1.21. The summed E-state index contributed by atoms with van der Waals surface area (Å²) in [6.45, 7) is 6.30. The molecule has 1 atom stereocenters. The van der Waals surface area contributed by atoms with E-state index >= 15 is 0 Å². The number of rotatable bonds is 5. The summed E-state index contributed by atoms with van der Waals surface area (Å²) in [5.41, 5.74) is 6.44. The molecule has 1 unspecified atom stereocenters. The molecule has 0 saturated heterocycles. The van der Waals surface area contributed by atoms with Crippen molar-refractivity contribution in [2.75, 3.05) is 6.54 Å². The molecule has 0 radical (unpaired) electrons. The van der Waals surface area contributed by atoms with Crippen molar-refractivity contribution in [3.8, 4) is 10.6 Å². The molecule has 8 heteroatoms. The van der Waals surface area contributed by atoms with E-state index in [0.717, 1.165) is 5.56 Å². The van der Waals surface area contributed by atoms with Crippen LogP contribution in [0.3, 0.4) is 0 Å². The zero-order valence-corrected chi connectivity index (χ0v) is 16.2. The Bertz CT molecular complexity index is 664. The fraction of sp³-hybridized carbons (Fsp3) is 0.375. The van der Waals surface area contributed by atoms with E-state index in [0.29, 0.717) is 17.2 Å². The van der Waals surface area contributed by atoms with Crippen LogP contribution in [0.2, 0.25) is 0 Å². The number of nitrogens with two attached hydrogens (primary N) is 1. The number of carbonyl (C=O) groups excluding carboxylic acids is 1. The zero-order chi connectivity index (χ0) is 16.3. The molecule has 0 aliphatic carbocycles. The SMILES string of the molecule is CC(C)C(C)(CN)NC(=O)c1csc(-c2ccc(F)cc2)n1.Cl.Cl. The van der Waals surface area contributed by atoms with E-state index in [1.54, 1.807) is 17.5 Å². The highest BCUT2D eigenvalue weighted by Crippen LogP contribution is 2.24. The van der Waals surface area contributed by atoms with E-state index in [-0.39, 0.29) is 42.5 Å². The summed E-state index contributed by atoms with van der Waals surface area (Å²) < 4.78 is 12.9. The lowest BCUT2D eigenvalue weighted by Crippen LogP contribution is -2.55. The number of aromatic nitrogens is 1. The van der Waals surface area contributed by atoms with E-state index in [1.807, 2.05) is 20.8 Å². The number of carbonyl (C=O) groups is 1. The molecule has 0 aliphatic rings. The van der Waals surface area contributed by atoms with Gasteiger partial charge in [0.2, 0.25) is 0 Å². The highest BCUT2D eigenvalue weighted by atomic mass is 35.5. The smallest absolute Gasteiger partial charge is 0.271 e. The van der Waals surface area contributed by atoms with Crippen molar-refractivity contribution >= 4 is 42.1 Å². The highest BCUT2D eigenvalue weighted by molar-refractivity contribution is 7.13. The maximum atomic E-state index is 12.9. The summed E-state index contributed by atoms with van der Waals surface area (Å²) in [5.74, 6) is -0.336. The lowest BCUT2D eigenvalue weighted by Gasteiger charge is -2.33. The van der Waals surface area contributed by atoms with Gasteiger partial charge in [0.1, 0.15) is 16.5 Å². The first-order chi connectivity index (χ1) is 10.4. The number of hydrogen-bond donors (Lipinski definition) is 2. The first-order valence-electron chi connectivity index (χ1n) is 7.10. The average molecular weight is 394 g/mol. The van der Waals surface area contributed by atoms with Gasteiger partial charge < -0.3 is 11.1 Å². The van der Waals surface area contributed by atoms with Crippen molar-refractivity contribution in [1.29, 1.82) is 0 Å². The Labute approximate surface area is 157 Å². The molecule has 2 rings (SSSR count). The van der Waals surface area contributed by atoms with Crippen LogP contribution in [0.4, 0.5) is 4.39 Å². The molecule has 1 heterocycles. The maximum absolute atomic E-state index is 12.9. The fourth-order valence-electron chi connectivity index (χ4n) is 1.86. The number of halogens is 3. The molecule has 0 fully saturated rings. The van der Waals surface area contributed by atoms with Gasteiger partial charge in [0.15, 0.2) is 0 Å². The number of nitrogens with one attached hydrogen (secondary N) is 1. The first-order valence-corrected chi connectivity index (χ1v) is 7.98. The summed E-state index contributed by atoms with van der Waals surface area (Å²) >= 11 is 1.35. The summed E-state index contributed by atoms with van der Waals surface area (Å²) in [4.78, 5) is 16.7. The normalized spacial score (nSPS) is 12.8. The quantitative estimate of drug-likeness (QED) is 0.809. The predicted octanol–water partition coefficient (Wildman–Crippen LogP) is 3.90. The first kappa shape index (κ1) is 22.8. The fourth-order valence-corrected chi connectivity index (χ4v) is 2.66. The second-order valence-electron chi connectivity index (χ2n) is 5.78. The van der Waals surface area contributed by atoms with Gasteiger partial charge in [-0.2, -0.15) is 0 Å². The number of hydrogen-bond acceptors (Lipinski definition) is 4. The Morgan fingerprint density at radius 1 is 1.33 bits per heavy atom. The molecule has 24 heavy (non-hydrogen) atoms. The van der Waals surface area contributed by atoms with Crippen LogP contribution < -0.4 is 11.1 Å². The molecule has 4 nitrogen and oxygen atoms in total. The van der Waals surface area contributed by atoms with Gasteiger partial charge in [-0.05, 0) is 37.1 Å². The molecular weight excluding hydrogens is 372 g/mol. The van der Waals surface area contributed by atoms with Crippen molar-refractivity contribution in [2.24, 2.45) is 11.7 Å². The van der Waals surface area contributed by atoms with Gasteiger partial charge in [0.05, 0.1) is 5.54 Å². The molecule has 0 aliphatic heterocycles. The minimum absolute atomic E-state index is 0. The van der Waals surface area contributed by atoms with Gasteiger partial charge in [-0.15, -0.1) is 36.2 Å². The van der Waals surface area contributed by atoms with Gasteiger partial charge in [0, 0.05) is 17.5 Å². The standard InChI is InChI=1S/C16H20FN3OS.2ClH/c1-10(2)16(3,9-18)20-14(21)13-8-22-15(19-13)11-4-6-12(17)7-5-11;;/h4-8,10H,9,18H2,1-3H3,(H,20,21);2*1H. The lowest BCUT2D eigenvalue weighted by atomic mass is 9.88. The Morgan fingerprint density at radius 3 is 2.42 bits per heavy atom. The minimum atomic E-state index is -0.475.